The van der Waals surface area contributed by atoms with Gasteiger partial charge in [0.15, 0.2) is 0 Å². The van der Waals surface area contributed by atoms with Gasteiger partial charge in [-0.05, 0) is 31.4 Å². The summed E-state index contributed by atoms with van der Waals surface area (Å²) in [5.74, 6) is -1.24. The van der Waals surface area contributed by atoms with Crippen molar-refractivity contribution in [3.63, 3.8) is 0 Å². The number of piperidine rings is 1. The second-order valence-corrected chi connectivity index (χ2v) is 4.61. The number of hydrazone groups is 1. The van der Waals surface area contributed by atoms with Crippen molar-refractivity contribution in [3.8, 4) is 5.75 Å². The summed E-state index contributed by atoms with van der Waals surface area (Å²) in [4.78, 5) is 25.0. The third kappa shape index (κ3) is 3.57. The van der Waals surface area contributed by atoms with Gasteiger partial charge in [-0.25, -0.2) is 5.43 Å². The molecule has 0 spiro atoms. The molecule has 1 saturated heterocycles. The normalized spacial score (nSPS) is 15.3. The Morgan fingerprint density at radius 1 is 1.20 bits per heavy atom. The van der Waals surface area contributed by atoms with Crippen LogP contribution < -0.4 is 5.43 Å². The minimum absolute atomic E-state index is 0.0628. The van der Waals surface area contributed by atoms with Gasteiger partial charge >= 0.3 is 11.8 Å². The van der Waals surface area contributed by atoms with Gasteiger partial charge in [0.05, 0.1) is 6.21 Å². The fourth-order valence-corrected chi connectivity index (χ4v) is 2.05. The number of phenols is 1. The first-order valence-corrected chi connectivity index (χ1v) is 6.59. The second kappa shape index (κ2) is 6.70. The predicted octanol–water partition coefficient (Wildman–Crippen LogP) is 0.855. The summed E-state index contributed by atoms with van der Waals surface area (Å²) in [6.07, 6.45) is 4.26. The van der Waals surface area contributed by atoms with Gasteiger partial charge in [-0.1, -0.05) is 12.1 Å². The van der Waals surface area contributed by atoms with Crippen LogP contribution in [0.4, 0.5) is 0 Å². The number of aromatic hydroxyl groups is 1. The van der Waals surface area contributed by atoms with Crippen molar-refractivity contribution >= 4 is 18.0 Å². The molecular formula is C14H17N3O3. The maximum absolute atomic E-state index is 11.8. The van der Waals surface area contributed by atoms with E-state index in [1.807, 2.05) is 0 Å². The number of nitrogens with zero attached hydrogens (tertiary/aromatic N) is 2. The third-order valence-electron chi connectivity index (χ3n) is 3.14. The van der Waals surface area contributed by atoms with Crippen molar-refractivity contribution in [2.75, 3.05) is 13.1 Å². The molecule has 2 rings (SSSR count). The zero-order chi connectivity index (χ0) is 14.4. The number of benzene rings is 1. The average molecular weight is 275 g/mol. The predicted molar refractivity (Wildman–Crippen MR) is 74.3 cm³/mol. The number of phenolic OH excluding ortho intramolecular Hbond substituents is 1. The number of carbonyl (C=O) groups excluding carboxylic acids is 2. The van der Waals surface area contributed by atoms with Gasteiger partial charge < -0.3 is 10.0 Å². The second-order valence-electron chi connectivity index (χ2n) is 4.61. The number of nitrogens with one attached hydrogen (secondary N) is 1. The van der Waals surface area contributed by atoms with E-state index in [4.69, 9.17) is 0 Å². The molecule has 0 radical (unpaired) electrons. The van der Waals surface area contributed by atoms with Gasteiger partial charge in [0.1, 0.15) is 5.75 Å². The summed E-state index contributed by atoms with van der Waals surface area (Å²) in [6.45, 7) is 1.24. The lowest BCUT2D eigenvalue weighted by molar-refractivity contribution is -0.146. The standard InChI is InChI=1S/C14H17N3O3/c18-12-7-3-2-6-11(12)10-15-16-13(19)14(20)17-8-4-1-5-9-17/h2-3,6-7,10,18H,1,4-5,8-9H2,(H,16,19)/b15-10-. The first-order chi connectivity index (χ1) is 9.68. The highest BCUT2D eigenvalue weighted by atomic mass is 16.3. The first kappa shape index (κ1) is 14.0. The van der Waals surface area contributed by atoms with E-state index in [0.29, 0.717) is 18.7 Å². The highest BCUT2D eigenvalue weighted by Crippen LogP contribution is 2.12. The zero-order valence-corrected chi connectivity index (χ0v) is 11.1. The SMILES string of the molecule is O=C(N/N=C\c1ccccc1O)C(=O)N1CCCCC1. The lowest BCUT2D eigenvalue weighted by atomic mass is 10.1. The zero-order valence-electron chi connectivity index (χ0n) is 11.1. The molecule has 0 unspecified atom stereocenters. The lowest BCUT2D eigenvalue weighted by Gasteiger charge is -2.25. The molecule has 1 aliphatic rings. The Morgan fingerprint density at radius 3 is 2.60 bits per heavy atom. The van der Waals surface area contributed by atoms with Gasteiger partial charge in [-0.15, -0.1) is 0 Å². The van der Waals surface area contributed by atoms with Crippen LogP contribution in [-0.4, -0.2) is 41.1 Å². The molecule has 1 heterocycles. The van der Waals surface area contributed by atoms with Crippen molar-refractivity contribution < 1.29 is 14.7 Å². The molecule has 1 aliphatic heterocycles. The van der Waals surface area contributed by atoms with Crippen molar-refractivity contribution in [2.24, 2.45) is 5.10 Å². The third-order valence-corrected chi connectivity index (χ3v) is 3.14. The smallest absolute Gasteiger partial charge is 0.329 e. The molecule has 1 aromatic carbocycles. The highest BCUT2D eigenvalue weighted by molar-refractivity contribution is 6.35. The van der Waals surface area contributed by atoms with Crippen LogP contribution in [0.2, 0.25) is 0 Å². The lowest BCUT2D eigenvalue weighted by Crippen LogP contribution is -2.43. The van der Waals surface area contributed by atoms with E-state index in [9.17, 15) is 14.7 Å². The fourth-order valence-electron chi connectivity index (χ4n) is 2.05. The van der Waals surface area contributed by atoms with E-state index in [0.717, 1.165) is 19.3 Å². The van der Waals surface area contributed by atoms with E-state index in [1.54, 1.807) is 18.2 Å². The Morgan fingerprint density at radius 2 is 1.90 bits per heavy atom. The van der Waals surface area contributed by atoms with Crippen molar-refractivity contribution in [3.05, 3.63) is 29.8 Å². The molecule has 2 amide bonds. The minimum Gasteiger partial charge on any atom is -0.507 e. The quantitative estimate of drug-likeness (QED) is 0.477. The Hall–Kier alpha value is -2.37. The summed E-state index contributed by atoms with van der Waals surface area (Å²) in [7, 11) is 0. The molecule has 0 aliphatic carbocycles. The fraction of sp³-hybridized carbons (Fsp3) is 0.357. The van der Waals surface area contributed by atoms with Crippen molar-refractivity contribution in [1.82, 2.24) is 10.3 Å². The van der Waals surface area contributed by atoms with E-state index < -0.39 is 11.8 Å². The van der Waals surface area contributed by atoms with Gasteiger partial charge in [0.25, 0.3) is 0 Å². The number of likely N-dealkylation sites (tertiary alicyclic amines) is 1. The molecule has 0 aromatic heterocycles. The number of amides is 2. The van der Waals surface area contributed by atoms with Gasteiger partial charge in [0.2, 0.25) is 0 Å². The van der Waals surface area contributed by atoms with Crippen LogP contribution in [0.1, 0.15) is 24.8 Å². The molecule has 6 nitrogen and oxygen atoms in total. The Labute approximate surface area is 117 Å². The molecule has 6 heteroatoms. The van der Waals surface area contributed by atoms with E-state index in [1.165, 1.54) is 17.2 Å². The Kier molecular flexibility index (Phi) is 4.70. The molecule has 0 atom stereocenters. The molecule has 0 bridgehead atoms. The minimum atomic E-state index is -0.751. The monoisotopic (exact) mass is 275 g/mol. The molecular weight excluding hydrogens is 258 g/mol. The topological polar surface area (TPSA) is 82.0 Å². The summed E-state index contributed by atoms with van der Waals surface area (Å²) in [5, 5.41) is 13.2. The molecule has 2 N–H and O–H groups in total. The van der Waals surface area contributed by atoms with Gasteiger partial charge in [0, 0.05) is 18.7 Å². The van der Waals surface area contributed by atoms with Crippen LogP contribution in [0.15, 0.2) is 29.4 Å². The molecule has 20 heavy (non-hydrogen) atoms. The highest BCUT2D eigenvalue weighted by Gasteiger charge is 2.22. The molecule has 1 aromatic rings. The first-order valence-electron chi connectivity index (χ1n) is 6.59. The number of rotatable bonds is 2. The van der Waals surface area contributed by atoms with Crippen molar-refractivity contribution in [1.29, 1.82) is 0 Å². The van der Waals surface area contributed by atoms with E-state index in [-0.39, 0.29) is 5.75 Å². The molecule has 0 saturated carbocycles. The van der Waals surface area contributed by atoms with Crippen LogP contribution in [-0.2, 0) is 9.59 Å². The summed E-state index contributed by atoms with van der Waals surface area (Å²) >= 11 is 0. The Balaban J connectivity index is 1.88. The molecule has 1 fully saturated rings. The van der Waals surface area contributed by atoms with Gasteiger partial charge in [-0.3, -0.25) is 9.59 Å². The molecule has 106 valence electrons. The number of hydrogen-bond acceptors (Lipinski definition) is 4. The van der Waals surface area contributed by atoms with Gasteiger partial charge in [-0.2, -0.15) is 5.10 Å². The average Bonchev–Trinajstić information content (AvgIpc) is 2.49. The van der Waals surface area contributed by atoms with Crippen LogP contribution in [0.3, 0.4) is 0 Å². The maximum atomic E-state index is 11.8. The van der Waals surface area contributed by atoms with Crippen LogP contribution >= 0.6 is 0 Å². The number of para-hydroxylation sites is 1. The van der Waals surface area contributed by atoms with Crippen LogP contribution in [0, 0.1) is 0 Å². The van der Waals surface area contributed by atoms with Crippen LogP contribution in [0.25, 0.3) is 0 Å². The van der Waals surface area contributed by atoms with E-state index >= 15 is 0 Å². The van der Waals surface area contributed by atoms with Crippen molar-refractivity contribution in [2.45, 2.75) is 19.3 Å². The number of carbonyl (C=O) groups is 2. The summed E-state index contributed by atoms with van der Waals surface area (Å²) in [6, 6.07) is 6.59. The maximum Gasteiger partial charge on any atom is 0.329 e. The van der Waals surface area contributed by atoms with Crippen LogP contribution in [0.5, 0.6) is 5.75 Å². The number of hydrogen-bond donors (Lipinski definition) is 2. The van der Waals surface area contributed by atoms with E-state index in [2.05, 4.69) is 10.5 Å². The largest absolute Gasteiger partial charge is 0.507 e. The summed E-state index contributed by atoms with van der Waals surface area (Å²) < 4.78 is 0. The Bertz CT molecular complexity index is 522. The summed E-state index contributed by atoms with van der Waals surface area (Å²) in [5.41, 5.74) is 2.65.